The van der Waals surface area contributed by atoms with Crippen LogP contribution in [0.1, 0.15) is 26.7 Å². The highest BCUT2D eigenvalue weighted by molar-refractivity contribution is 6.84. The summed E-state index contributed by atoms with van der Waals surface area (Å²) in [5, 5.41) is 5.08. The van der Waals surface area contributed by atoms with Crippen LogP contribution in [0.25, 0.3) is 0 Å². The summed E-state index contributed by atoms with van der Waals surface area (Å²) in [6.45, 7) is 19.2. The molecule has 37 heavy (non-hydrogen) atoms. The van der Waals surface area contributed by atoms with Crippen LogP contribution < -0.4 is 10.6 Å². The molecular formula is C24H44N2O9Si2. The van der Waals surface area contributed by atoms with Crippen LogP contribution in [0.15, 0.2) is 25.3 Å². The summed E-state index contributed by atoms with van der Waals surface area (Å²) in [5.41, 5.74) is 0. The smallest absolute Gasteiger partial charge is 0.407 e. The second kappa shape index (κ2) is 17.7. The summed E-state index contributed by atoms with van der Waals surface area (Å²) < 4.78 is 26.9. The Morgan fingerprint density at radius 3 is 1.41 bits per heavy atom. The molecule has 0 fully saturated rings. The van der Waals surface area contributed by atoms with Crippen molar-refractivity contribution in [3.05, 3.63) is 25.3 Å². The summed E-state index contributed by atoms with van der Waals surface area (Å²) in [6, 6.07) is 1.64. The molecule has 0 aromatic carbocycles. The number of alkyl carbamates (subject to hydrolysis) is 2. The Morgan fingerprint density at radius 2 is 1.08 bits per heavy atom. The standard InChI is InChI=1S/C24H44N2O9Si2/c1-9-21(27)31-15-13-25-23(29)33-19(3)11-17-36(5,6)35-37(7,8)18-12-20(4)34-24(30)26-14-16-32-22(28)10-2/h9-10,19-20H,1-2,11-18H2,3-8H3,(H,25,29)(H,26,30). The first-order valence-corrected chi connectivity index (χ1v) is 18.6. The van der Waals surface area contributed by atoms with Gasteiger partial charge in [0.1, 0.15) is 25.4 Å². The third-order valence-electron chi connectivity index (χ3n) is 5.04. The second-order valence-electron chi connectivity index (χ2n) is 9.73. The van der Waals surface area contributed by atoms with Gasteiger partial charge in [0, 0.05) is 12.2 Å². The van der Waals surface area contributed by atoms with Crippen molar-refractivity contribution in [2.24, 2.45) is 0 Å². The average Bonchev–Trinajstić information content (AvgIpc) is 2.81. The van der Waals surface area contributed by atoms with Gasteiger partial charge in [0.05, 0.1) is 13.1 Å². The third kappa shape index (κ3) is 19.2. The van der Waals surface area contributed by atoms with E-state index in [-0.39, 0.29) is 38.5 Å². The topological polar surface area (TPSA) is 138 Å². The molecular weight excluding hydrogens is 516 g/mol. The highest BCUT2D eigenvalue weighted by Crippen LogP contribution is 2.25. The zero-order chi connectivity index (χ0) is 28.5. The van der Waals surface area contributed by atoms with Crippen LogP contribution in [0.5, 0.6) is 0 Å². The molecule has 2 amide bonds. The molecule has 2 atom stereocenters. The monoisotopic (exact) mass is 560 g/mol. The zero-order valence-electron chi connectivity index (χ0n) is 23.1. The van der Waals surface area contributed by atoms with Crippen LogP contribution in [0.4, 0.5) is 9.59 Å². The lowest BCUT2D eigenvalue weighted by Crippen LogP contribution is -2.45. The molecule has 0 aromatic heterocycles. The molecule has 13 heteroatoms. The maximum absolute atomic E-state index is 11.9. The molecule has 0 radical (unpaired) electrons. The van der Waals surface area contributed by atoms with E-state index < -0.39 is 40.8 Å². The number of amides is 2. The summed E-state index contributed by atoms with van der Waals surface area (Å²) in [4.78, 5) is 45.7. The van der Waals surface area contributed by atoms with E-state index in [1.165, 1.54) is 0 Å². The van der Waals surface area contributed by atoms with Gasteiger partial charge in [0.2, 0.25) is 0 Å². The summed E-state index contributed by atoms with van der Waals surface area (Å²) in [7, 11) is -4.05. The maximum Gasteiger partial charge on any atom is 0.407 e. The van der Waals surface area contributed by atoms with Crippen molar-refractivity contribution in [2.75, 3.05) is 26.3 Å². The SMILES string of the molecule is C=CC(=O)OCCNC(=O)OC(C)CC[Si](C)(C)O[Si](C)(C)CCC(C)OC(=O)NCCOC(=O)C=C. The molecule has 2 unspecified atom stereocenters. The largest absolute Gasteiger partial charge is 0.461 e. The molecule has 0 spiro atoms. The Kier molecular flexibility index (Phi) is 16.5. The van der Waals surface area contributed by atoms with E-state index in [4.69, 9.17) is 23.1 Å². The van der Waals surface area contributed by atoms with Gasteiger partial charge >= 0.3 is 24.1 Å². The maximum atomic E-state index is 11.9. The Bertz CT molecular complexity index is 713. The fraction of sp³-hybridized carbons (Fsp3) is 0.667. The van der Waals surface area contributed by atoms with Gasteiger partial charge in [-0.05, 0) is 65.0 Å². The second-order valence-corrected chi connectivity index (χ2v) is 18.6. The van der Waals surface area contributed by atoms with Gasteiger partial charge in [0.25, 0.3) is 0 Å². The van der Waals surface area contributed by atoms with Gasteiger partial charge in [-0.3, -0.25) is 0 Å². The first-order valence-electron chi connectivity index (χ1n) is 12.4. The minimum atomic E-state index is -2.02. The van der Waals surface area contributed by atoms with Crippen LogP contribution in [-0.2, 0) is 32.7 Å². The fourth-order valence-corrected chi connectivity index (χ4v) is 12.2. The first-order chi connectivity index (χ1) is 17.2. The van der Waals surface area contributed by atoms with Crippen molar-refractivity contribution in [1.82, 2.24) is 10.6 Å². The lowest BCUT2D eigenvalue weighted by atomic mass is 10.3. The van der Waals surface area contributed by atoms with Gasteiger partial charge < -0.3 is 33.7 Å². The number of hydrogen-bond donors (Lipinski definition) is 2. The van der Waals surface area contributed by atoms with E-state index >= 15 is 0 Å². The van der Waals surface area contributed by atoms with Crippen molar-refractivity contribution < 1.29 is 42.2 Å². The predicted molar refractivity (Wildman–Crippen MR) is 145 cm³/mol. The van der Waals surface area contributed by atoms with Gasteiger partial charge in [-0.25, -0.2) is 19.2 Å². The van der Waals surface area contributed by atoms with Crippen LogP contribution in [-0.4, -0.2) is 79.3 Å². The number of nitrogens with one attached hydrogen (secondary N) is 2. The molecule has 0 aliphatic carbocycles. The highest BCUT2D eigenvalue weighted by atomic mass is 28.4. The third-order valence-corrected chi connectivity index (χ3v) is 12.4. The van der Waals surface area contributed by atoms with E-state index in [0.29, 0.717) is 12.8 Å². The average molecular weight is 561 g/mol. The molecule has 0 bridgehead atoms. The molecule has 0 rings (SSSR count). The quantitative estimate of drug-likeness (QED) is 0.0840. The summed E-state index contributed by atoms with van der Waals surface area (Å²) in [5.74, 6) is -1.09. The van der Waals surface area contributed by atoms with Crippen molar-refractivity contribution >= 4 is 40.8 Å². The van der Waals surface area contributed by atoms with Gasteiger partial charge in [-0.1, -0.05) is 13.2 Å². The van der Waals surface area contributed by atoms with Crippen molar-refractivity contribution in [2.45, 2.75) is 77.2 Å². The lowest BCUT2D eigenvalue weighted by Gasteiger charge is -2.35. The van der Waals surface area contributed by atoms with Crippen LogP contribution in [0, 0.1) is 0 Å². The number of esters is 2. The molecule has 0 saturated carbocycles. The Labute approximate surface area is 222 Å². The lowest BCUT2D eigenvalue weighted by molar-refractivity contribution is -0.138. The van der Waals surface area contributed by atoms with Gasteiger partial charge in [-0.2, -0.15) is 0 Å². The van der Waals surface area contributed by atoms with E-state index in [0.717, 1.165) is 24.2 Å². The number of carbonyl (C=O) groups excluding carboxylic acids is 4. The van der Waals surface area contributed by atoms with E-state index in [9.17, 15) is 19.2 Å². The molecule has 212 valence electrons. The summed E-state index contributed by atoms with van der Waals surface area (Å²) in [6.07, 6.45) is 1.76. The van der Waals surface area contributed by atoms with Gasteiger partial charge in [-0.15, -0.1) is 0 Å². The minimum Gasteiger partial charge on any atom is -0.461 e. The van der Waals surface area contributed by atoms with Crippen molar-refractivity contribution in [1.29, 1.82) is 0 Å². The molecule has 11 nitrogen and oxygen atoms in total. The predicted octanol–water partition coefficient (Wildman–Crippen LogP) is 3.88. The number of hydrogen-bond acceptors (Lipinski definition) is 9. The summed E-state index contributed by atoms with van der Waals surface area (Å²) >= 11 is 0. The normalized spacial score (nSPS) is 12.9. The minimum absolute atomic E-state index is 0.0450. The molecule has 0 saturated heterocycles. The first kappa shape index (κ1) is 34.4. The number of carbonyl (C=O) groups is 4. The van der Waals surface area contributed by atoms with Crippen molar-refractivity contribution in [3.8, 4) is 0 Å². The van der Waals surface area contributed by atoms with Crippen LogP contribution in [0.2, 0.25) is 38.3 Å². The molecule has 0 aliphatic heterocycles. The molecule has 0 heterocycles. The Morgan fingerprint density at radius 1 is 0.730 bits per heavy atom. The zero-order valence-corrected chi connectivity index (χ0v) is 25.1. The van der Waals surface area contributed by atoms with E-state index in [2.05, 4.69) is 50.0 Å². The molecule has 0 aromatic rings. The van der Waals surface area contributed by atoms with Gasteiger partial charge in [0.15, 0.2) is 16.6 Å². The Hall–Kier alpha value is -2.65. The van der Waals surface area contributed by atoms with E-state index in [1.807, 2.05) is 13.8 Å². The fourth-order valence-electron chi connectivity index (χ4n) is 3.25. The molecule has 2 N–H and O–H groups in total. The highest BCUT2D eigenvalue weighted by Gasteiger charge is 2.33. The van der Waals surface area contributed by atoms with E-state index in [1.54, 1.807) is 0 Å². The number of rotatable bonds is 18. The van der Waals surface area contributed by atoms with Crippen molar-refractivity contribution in [3.63, 3.8) is 0 Å². The number of ether oxygens (including phenoxy) is 4. The van der Waals surface area contributed by atoms with Crippen LogP contribution >= 0.6 is 0 Å². The van der Waals surface area contributed by atoms with Crippen LogP contribution in [0.3, 0.4) is 0 Å². The molecule has 0 aliphatic rings. The Balaban J connectivity index is 4.28.